The van der Waals surface area contributed by atoms with Gasteiger partial charge in [0.25, 0.3) is 0 Å². The Balaban J connectivity index is 1.39. The van der Waals surface area contributed by atoms with E-state index in [0.29, 0.717) is 54.5 Å². The van der Waals surface area contributed by atoms with Crippen LogP contribution in [0.1, 0.15) is 77.5 Å². The number of nitrogens with zero attached hydrogens (tertiary/aromatic N) is 3. The van der Waals surface area contributed by atoms with Crippen molar-refractivity contribution in [2.75, 3.05) is 34.4 Å². The van der Waals surface area contributed by atoms with Crippen LogP contribution in [0.3, 0.4) is 0 Å². The number of carbonyl (C=O) groups excluding carboxylic acids is 1. The molecule has 2 aromatic rings. The number of hydrogen-bond donors (Lipinski definition) is 4. The lowest BCUT2D eigenvalue weighted by molar-refractivity contribution is -0.183. The van der Waals surface area contributed by atoms with E-state index in [4.69, 9.17) is 9.57 Å². The minimum absolute atomic E-state index is 0.0805. The molecule has 2 bridgehead atoms. The summed E-state index contributed by atoms with van der Waals surface area (Å²) in [6, 6.07) is 13.3. The first-order chi connectivity index (χ1) is 24.1. The summed E-state index contributed by atoms with van der Waals surface area (Å²) in [5.41, 5.74) is 3.13. The van der Waals surface area contributed by atoms with E-state index in [1.54, 1.807) is 31.2 Å². The van der Waals surface area contributed by atoms with E-state index in [-0.39, 0.29) is 30.3 Å². The fraction of sp³-hybridized carbons (Fsp3) is 0.683. The minimum atomic E-state index is -0.847. The van der Waals surface area contributed by atoms with E-state index in [1.807, 2.05) is 18.2 Å². The molecule has 3 saturated carbocycles. The summed E-state index contributed by atoms with van der Waals surface area (Å²) in [5.74, 6) is 2.18. The van der Waals surface area contributed by atoms with Gasteiger partial charge < -0.3 is 30.3 Å². The van der Waals surface area contributed by atoms with Gasteiger partial charge in [-0.1, -0.05) is 65.0 Å². The van der Waals surface area contributed by atoms with Crippen LogP contribution in [0.2, 0.25) is 0 Å². The van der Waals surface area contributed by atoms with E-state index in [1.165, 1.54) is 6.42 Å². The van der Waals surface area contributed by atoms with Gasteiger partial charge in [0, 0.05) is 43.2 Å². The van der Waals surface area contributed by atoms with Crippen LogP contribution >= 0.6 is 0 Å². The molecule has 0 unspecified atom stereocenters. The average molecular weight is 709 g/mol. The number of fused-ring (bicyclic) bond motifs is 2. The van der Waals surface area contributed by atoms with Crippen molar-refractivity contribution in [1.82, 2.24) is 20.2 Å². The third-order valence-electron chi connectivity index (χ3n) is 12.3. The number of benzene rings is 2. The van der Waals surface area contributed by atoms with Crippen LogP contribution < -0.4 is 10.1 Å². The first kappa shape index (κ1) is 39.5. The van der Waals surface area contributed by atoms with Gasteiger partial charge in [-0.3, -0.25) is 14.5 Å². The molecule has 3 aliphatic carbocycles. The maximum Gasteiger partial charge on any atom is 0.240 e. The maximum absolute atomic E-state index is 14.2. The van der Waals surface area contributed by atoms with Crippen LogP contribution in [-0.4, -0.2) is 101 Å². The molecule has 9 atom stereocenters. The van der Waals surface area contributed by atoms with Gasteiger partial charge >= 0.3 is 0 Å². The number of aliphatic hydroxyl groups excluding tert-OH is 2. The SMILES string of the molecule is COc1cccc(O)c1CN(Cc1cccc(CN2O[C@@H](CO)[C@@H]([C@H](C)O)[C@H]2C(=O)N[C@H]2C[C@@H]3C[C@@H]([C@H]2C)C3(C)C)c1)[C@@H](CC(C)C)CN(C)C. The van der Waals surface area contributed by atoms with E-state index in [0.717, 1.165) is 36.1 Å². The number of hydroxylamine groups is 2. The lowest BCUT2D eigenvalue weighted by Gasteiger charge is -2.62. The second-order valence-electron chi connectivity index (χ2n) is 17.0. The lowest BCUT2D eigenvalue weighted by atomic mass is 9.45. The predicted molar refractivity (Wildman–Crippen MR) is 200 cm³/mol. The highest BCUT2D eigenvalue weighted by atomic mass is 16.7. The Bertz CT molecular complexity index is 1460. The van der Waals surface area contributed by atoms with Crippen LogP contribution in [0, 0.1) is 35.0 Å². The topological polar surface area (TPSA) is 118 Å². The third-order valence-corrected chi connectivity index (χ3v) is 12.3. The Hall–Kier alpha value is -2.73. The van der Waals surface area contributed by atoms with Crippen molar-refractivity contribution in [3.8, 4) is 11.5 Å². The first-order valence-corrected chi connectivity index (χ1v) is 19.0. The zero-order chi connectivity index (χ0) is 37.2. The molecule has 0 aromatic heterocycles. The molecule has 6 rings (SSSR count). The monoisotopic (exact) mass is 708 g/mol. The summed E-state index contributed by atoms with van der Waals surface area (Å²) in [6.07, 6.45) is 1.63. The van der Waals surface area contributed by atoms with Crippen molar-refractivity contribution in [2.45, 2.75) is 111 Å². The number of amides is 1. The lowest BCUT2D eigenvalue weighted by Crippen LogP contribution is -2.62. The Labute approximate surface area is 306 Å². The van der Waals surface area contributed by atoms with Crippen molar-refractivity contribution < 1.29 is 29.7 Å². The molecule has 51 heavy (non-hydrogen) atoms. The molecule has 0 radical (unpaired) electrons. The molecule has 4 aliphatic rings. The van der Waals surface area contributed by atoms with Crippen LogP contribution in [0.25, 0.3) is 0 Å². The van der Waals surface area contributed by atoms with Gasteiger partial charge in [-0.05, 0) is 92.6 Å². The van der Waals surface area contributed by atoms with Gasteiger partial charge in [-0.25, -0.2) is 0 Å². The molecular weight excluding hydrogens is 644 g/mol. The molecular formula is C41H64N4O6. The van der Waals surface area contributed by atoms with Crippen LogP contribution in [0.4, 0.5) is 0 Å². The molecule has 1 heterocycles. The fourth-order valence-electron chi connectivity index (χ4n) is 9.45. The number of ether oxygens (including phenoxy) is 1. The molecule has 2 aromatic carbocycles. The summed E-state index contributed by atoms with van der Waals surface area (Å²) in [5, 5.41) is 37.2. The van der Waals surface area contributed by atoms with Gasteiger partial charge in [0.1, 0.15) is 23.6 Å². The Morgan fingerprint density at radius 1 is 1.10 bits per heavy atom. The zero-order valence-electron chi connectivity index (χ0n) is 32.4. The number of phenolic OH excluding ortho intramolecular Hbond substituents is 1. The Morgan fingerprint density at radius 3 is 2.41 bits per heavy atom. The minimum Gasteiger partial charge on any atom is -0.507 e. The number of nitrogens with one attached hydrogen (secondary N) is 1. The van der Waals surface area contributed by atoms with Crippen LogP contribution in [-0.2, 0) is 29.3 Å². The molecule has 284 valence electrons. The van der Waals surface area contributed by atoms with Crippen LogP contribution in [0.15, 0.2) is 42.5 Å². The third kappa shape index (κ3) is 8.74. The second-order valence-corrected chi connectivity index (χ2v) is 17.0. The second kappa shape index (κ2) is 16.5. The van der Waals surface area contributed by atoms with Crippen molar-refractivity contribution in [3.63, 3.8) is 0 Å². The standard InChI is InChI=1S/C41H64N4O6/c1-25(2)16-31(22-43(7)8)44(23-32-35(48)14-11-15-36(32)50-9)20-28-12-10-13-29(17-28)21-45-39(38(27(4)47)37(24-46)51-45)40(49)42-34-19-30-18-33(26(34)3)41(30,5)6/h10-15,17,25-27,30-31,33-34,37-39,46-48H,16,18-24H2,1-9H3,(H,42,49)/t26-,27+,30+,31+,33+,34+,37+,38-,39+/m1/s1. The number of carbonyl (C=O) groups is 1. The van der Waals surface area contributed by atoms with Crippen LogP contribution in [0.5, 0.6) is 11.5 Å². The number of methoxy groups -OCH3 is 1. The molecule has 4 fully saturated rings. The number of phenols is 1. The number of likely N-dealkylation sites (N-methyl/N-ethyl adjacent to an activating group) is 1. The maximum atomic E-state index is 14.2. The van der Waals surface area contributed by atoms with Gasteiger partial charge in [0.2, 0.25) is 5.91 Å². The van der Waals surface area contributed by atoms with E-state index >= 15 is 0 Å². The summed E-state index contributed by atoms with van der Waals surface area (Å²) in [6.45, 7) is 15.1. The van der Waals surface area contributed by atoms with Crippen molar-refractivity contribution >= 4 is 5.91 Å². The summed E-state index contributed by atoms with van der Waals surface area (Å²) in [4.78, 5) is 25.1. The average Bonchev–Trinajstić information content (AvgIpc) is 3.43. The van der Waals surface area contributed by atoms with Gasteiger partial charge in [0.15, 0.2) is 0 Å². The van der Waals surface area contributed by atoms with Gasteiger partial charge in [-0.2, -0.15) is 5.06 Å². The van der Waals surface area contributed by atoms with Crippen molar-refractivity contribution in [3.05, 3.63) is 59.2 Å². The molecule has 0 spiro atoms. The molecule has 10 heteroatoms. The number of aromatic hydroxyl groups is 1. The summed E-state index contributed by atoms with van der Waals surface area (Å²) in [7, 11) is 5.82. The predicted octanol–water partition coefficient (Wildman–Crippen LogP) is 5.04. The van der Waals surface area contributed by atoms with Crippen molar-refractivity contribution in [2.24, 2.45) is 35.0 Å². The summed E-state index contributed by atoms with van der Waals surface area (Å²) >= 11 is 0. The fourth-order valence-corrected chi connectivity index (χ4v) is 9.45. The quantitative estimate of drug-likeness (QED) is 0.190. The number of aliphatic hydroxyl groups is 2. The molecule has 1 amide bonds. The van der Waals surface area contributed by atoms with Gasteiger partial charge in [0.05, 0.1) is 26.4 Å². The molecule has 1 saturated heterocycles. The highest BCUT2D eigenvalue weighted by molar-refractivity contribution is 5.82. The zero-order valence-corrected chi connectivity index (χ0v) is 32.4. The highest BCUT2D eigenvalue weighted by Gasteiger charge is 2.57. The smallest absolute Gasteiger partial charge is 0.240 e. The number of rotatable bonds is 16. The molecule has 4 N–H and O–H groups in total. The first-order valence-electron chi connectivity index (χ1n) is 19.0. The highest BCUT2D eigenvalue weighted by Crippen LogP contribution is 2.61. The van der Waals surface area contributed by atoms with Gasteiger partial charge in [-0.15, -0.1) is 0 Å². The Kier molecular flexibility index (Phi) is 12.8. The number of hydrogen-bond acceptors (Lipinski definition) is 9. The normalized spacial score (nSPS) is 28.5. The van der Waals surface area contributed by atoms with E-state index in [2.05, 4.69) is 76.0 Å². The van der Waals surface area contributed by atoms with E-state index in [9.17, 15) is 20.1 Å². The van der Waals surface area contributed by atoms with E-state index < -0.39 is 24.2 Å². The summed E-state index contributed by atoms with van der Waals surface area (Å²) < 4.78 is 5.67. The molecule has 1 aliphatic heterocycles. The van der Waals surface area contributed by atoms with Crippen molar-refractivity contribution in [1.29, 1.82) is 0 Å². The Morgan fingerprint density at radius 2 is 1.80 bits per heavy atom. The molecule has 10 nitrogen and oxygen atoms in total. The largest absolute Gasteiger partial charge is 0.507 e.